The largest absolute Gasteiger partial charge is 0.311 e. The van der Waals surface area contributed by atoms with Crippen LogP contribution in [0.2, 0.25) is 0 Å². The summed E-state index contributed by atoms with van der Waals surface area (Å²) in [6.45, 7) is 2.57. The van der Waals surface area contributed by atoms with Gasteiger partial charge in [0.2, 0.25) is 5.91 Å². The van der Waals surface area contributed by atoms with Crippen LogP contribution >= 0.6 is 11.8 Å². The fourth-order valence-corrected chi connectivity index (χ4v) is 3.02. The number of nitrogens with zero attached hydrogens (tertiary/aromatic N) is 3. The van der Waals surface area contributed by atoms with E-state index in [4.69, 9.17) is 5.10 Å². The van der Waals surface area contributed by atoms with E-state index in [-0.39, 0.29) is 11.7 Å². The highest BCUT2D eigenvalue weighted by molar-refractivity contribution is 7.98. The Balaban J connectivity index is 2.02. The maximum absolute atomic E-state index is 13.3. The Morgan fingerprint density at radius 2 is 2.00 bits per heavy atom. The number of aryl methyl sites for hydroxylation is 1. The van der Waals surface area contributed by atoms with Gasteiger partial charge in [-0.25, -0.2) is 9.37 Å². The fourth-order valence-electron chi connectivity index (χ4n) is 2.65. The van der Waals surface area contributed by atoms with Gasteiger partial charge in [-0.1, -0.05) is 6.92 Å². The highest BCUT2D eigenvalue weighted by atomic mass is 32.2. The van der Waals surface area contributed by atoms with Crippen molar-refractivity contribution in [1.29, 1.82) is 0 Å². The summed E-state index contributed by atoms with van der Waals surface area (Å²) in [6, 6.07) is 10.0. The minimum atomic E-state index is -0.282. The van der Waals surface area contributed by atoms with Gasteiger partial charge in [0.25, 0.3) is 0 Å². The third kappa shape index (κ3) is 4.74. The van der Waals surface area contributed by atoms with Gasteiger partial charge >= 0.3 is 0 Å². The molecule has 0 aliphatic carbocycles. The van der Waals surface area contributed by atoms with Crippen LogP contribution in [0, 0.1) is 5.82 Å². The van der Waals surface area contributed by atoms with Crippen molar-refractivity contribution in [2.24, 2.45) is 0 Å². The molecular formula is C20H21FN4OS. The number of hydrogen-bond donors (Lipinski definition) is 1. The van der Waals surface area contributed by atoms with Crippen molar-refractivity contribution >= 4 is 23.5 Å². The van der Waals surface area contributed by atoms with E-state index in [0.717, 1.165) is 34.7 Å². The van der Waals surface area contributed by atoms with Gasteiger partial charge in [-0.3, -0.25) is 9.48 Å². The van der Waals surface area contributed by atoms with Crippen molar-refractivity contribution in [2.75, 3.05) is 17.3 Å². The molecule has 3 aromatic rings. The number of rotatable bonds is 7. The van der Waals surface area contributed by atoms with E-state index in [1.165, 1.54) is 12.1 Å². The van der Waals surface area contributed by atoms with Crippen LogP contribution < -0.4 is 5.32 Å². The van der Waals surface area contributed by atoms with Crippen LogP contribution in [-0.4, -0.2) is 32.7 Å². The second-order valence-electron chi connectivity index (χ2n) is 5.99. The average Bonchev–Trinajstić information content (AvgIpc) is 3.11. The van der Waals surface area contributed by atoms with Gasteiger partial charge in [0.05, 0.1) is 0 Å². The first-order valence-corrected chi connectivity index (χ1v) is 10.1. The maximum Gasteiger partial charge on any atom is 0.225 e. The number of benzene rings is 1. The lowest BCUT2D eigenvalue weighted by molar-refractivity contribution is -0.115. The zero-order chi connectivity index (χ0) is 19.2. The number of carbonyl (C=O) groups excluding carboxylic acids is 1. The molecule has 2 aromatic heterocycles. The van der Waals surface area contributed by atoms with Crippen LogP contribution in [0.3, 0.4) is 0 Å². The van der Waals surface area contributed by atoms with Gasteiger partial charge in [0.15, 0.2) is 0 Å². The first kappa shape index (κ1) is 19.1. The highest BCUT2D eigenvalue weighted by Gasteiger charge is 2.14. The van der Waals surface area contributed by atoms with Gasteiger partial charge in [0.1, 0.15) is 17.3 Å². The maximum atomic E-state index is 13.3. The minimum Gasteiger partial charge on any atom is -0.311 e. The molecule has 0 radical (unpaired) electrons. The van der Waals surface area contributed by atoms with Crippen molar-refractivity contribution in [1.82, 2.24) is 14.8 Å². The highest BCUT2D eigenvalue weighted by Crippen LogP contribution is 2.32. The molecule has 0 fully saturated rings. The Morgan fingerprint density at radius 1 is 1.22 bits per heavy atom. The topological polar surface area (TPSA) is 59.8 Å². The summed E-state index contributed by atoms with van der Waals surface area (Å²) in [5, 5.41) is 7.48. The number of halogens is 1. The molecule has 7 heteroatoms. The molecule has 0 aliphatic rings. The smallest absolute Gasteiger partial charge is 0.225 e. The molecule has 27 heavy (non-hydrogen) atoms. The molecule has 0 saturated carbocycles. The molecule has 0 atom stereocenters. The lowest BCUT2D eigenvalue weighted by Crippen LogP contribution is -2.10. The third-order valence-electron chi connectivity index (χ3n) is 4.06. The van der Waals surface area contributed by atoms with E-state index in [1.54, 1.807) is 37.0 Å². The van der Waals surface area contributed by atoms with E-state index >= 15 is 0 Å². The lowest BCUT2D eigenvalue weighted by Gasteiger charge is -2.06. The average molecular weight is 384 g/mol. The number of nitrogens with one attached hydrogen (secondary N) is 1. The predicted octanol–water partition coefficient (Wildman–Crippen LogP) is 4.46. The van der Waals surface area contributed by atoms with Gasteiger partial charge in [0, 0.05) is 42.2 Å². The SMILES string of the molecule is CCC(=O)Nc1cc(-c2cn(CCSC)nc2-c2ccc(F)cc2)ccn1. The normalized spacial score (nSPS) is 10.8. The minimum absolute atomic E-state index is 0.0888. The van der Waals surface area contributed by atoms with Gasteiger partial charge in [-0.15, -0.1) is 0 Å². The number of anilines is 1. The summed E-state index contributed by atoms with van der Waals surface area (Å²) in [6.07, 6.45) is 6.08. The molecule has 1 aromatic carbocycles. The Bertz CT molecular complexity index is 924. The first-order valence-electron chi connectivity index (χ1n) is 8.69. The number of carbonyl (C=O) groups is 1. The quantitative estimate of drug-likeness (QED) is 0.653. The molecular weight excluding hydrogens is 363 g/mol. The molecule has 1 amide bonds. The number of aromatic nitrogens is 3. The molecule has 5 nitrogen and oxygen atoms in total. The summed E-state index contributed by atoms with van der Waals surface area (Å²) >= 11 is 1.75. The summed E-state index contributed by atoms with van der Waals surface area (Å²) in [7, 11) is 0. The van der Waals surface area contributed by atoms with Crippen molar-refractivity contribution in [3.63, 3.8) is 0 Å². The van der Waals surface area contributed by atoms with E-state index < -0.39 is 0 Å². The molecule has 0 unspecified atom stereocenters. The number of hydrogen-bond acceptors (Lipinski definition) is 4. The van der Waals surface area contributed by atoms with Crippen molar-refractivity contribution in [3.8, 4) is 22.4 Å². The zero-order valence-electron chi connectivity index (χ0n) is 15.3. The van der Waals surface area contributed by atoms with Crippen LogP contribution in [0.25, 0.3) is 22.4 Å². The second kappa shape index (κ2) is 8.81. The van der Waals surface area contributed by atoms with Gasteiger partial charge in [-0.05, 0) is 48.2 Å². The number of pyridine rings is 1. The number of amides is 1. The summed E-state index contributed by atoms with van der Waals surface area (Å²) in [5.41, 5.74) is 3.42. The molecule has 140 valence electrons. The molecule has 1 N–H and O–H groups in total. The van der Waals surface area contributed by atoms with Crippen LogP contribution in [-0.2, 0) is 11.3 Å². The van der Waals surface area contributed by atoms with E-state index in [2.05, 4.69) is 16.6 Å². The summed E-state index contributed by atoms with van der Waals surface area (Å²) in [4.78, 5) is 15.9. The molecule has 0 aliphatic heterocycles. The van der Waals surface area contributed by atoms with Crippen LogP contribution in [0.4, 0.5) is 10.2 Å². The van der Waals surface area contributed by atoms with Crippen LogP contribution in [0.1, 0.15) is 13.3 Å². The Hall–Kier alpha value is -2.67. The molecule has 0 saturated heterocycles. The standard InChI is InChI=1S/C20H21FN4OS/c1-3-19(26)23-18-12-15(8-9-22-18)17-13-25(10-11-27-2)24-20(17)14-4-6-16(21)7-5-14/h4-9,12-13H,3,10-11H2,1-2H3,(H,22,23,26). The van der Waals surface area contributed by atoms with Crippen molar-refractivity contribution in [3.05, 3.63) is 54.6 Å². The van der Waals surface area contributed by atoms with Crippen molar-refractivity contribution in [2.45, 2.75) is 19.9 Å². The molecule has 0 spiro atoms. The van der Waals surface area contributed by atoms with Crippen LogP contribution in [0.5, 0.6) is 0 Å². The zero-order valence-corrected chi connectivity index (χ0v) is 16.1. The lowest BCUT2D eigenvalue weighted by atomic mass is 10.0. The summed E-state index contributed by atoms with van der Waals surface area (Å²) in [5.74, 6) is 1.07. The third-order valence-corrected chi connectivity index (χ3v) is 4.65. The Labute approximate surface area is 162 Å². The number of thioether (sulfide) groups is 1. The molecule has 2 heterocycles. The molecule has 3 rings (SSSR count). The van der Waals surface area contributed by atoms with Crippen LogP contribution in [0.15, 0.2) is 48.8 Å². The van der Waals surface area contributed by atoms with Crippen molar-refractivity contribution < 1.29 is 9.18 Å². The Morgan fingerprint density at radius 3 is 2.70 bits per heavy atom. The Kier molecular flexibility index (Phi) is 6.24. The molecule has 0 bridgehead atoms. The second-order valence-corrected chi connectivity index (χ2v) is 6.97. The first-order chi connectivity index (χ1) is 13.1. The monoisotopic (exact) mass is 384 g/mol. The van der Waals surface area contributed by atoms with E-state index in [1.807, 2.05) is 23.0 Å². The van der Waals surface area contributed by atoms with Gasteiger partial charge in [-0.2, -0.15) is 16.9 Å². The predicted molar refractivity (Wildman–Crippen MR) is 108 cm³/mol. The van der Waals surface area contributed by atoms with E-state index in [9.17, 15) is 9.18 Å². The van der Waals surface area contributed by atoms with Gasteiger partial charge < -0.3 is 5.32 Å². The fraction of sp³-hybridized carbons (Fsp3) is 0.250. The summed E-state index contributed by atoms with van der Waals surface area (Å²) < 4.78 is 15.2. The van der Waals surface area contributed by atoms with E-state index in [0.29, 0.717) is 12.2 Å².